The minimum atomic E-state index is -1.09. The van der Waals surface area contributed by atoms with Crippen molar-refractivity contribution in [2.45, 2.75) is 78.0 Å². The van der Waals surface area contributed by atoms with Crippen molar-refractivity contribution in [2.24, 2.45) is 11.8 Å². The molecule has 9 nitrogen and oxygen atoms in total. The van der Waals surface area contributed by atoms with E-state index >= 15 is 0 Å². The van der Waals surface area contributed by atoms with E-state index in [0.717, 1.165) is 24.2 Å². The maximum atomic E-state index is 12.7. The van der Waals surface area contributed by atoms with Gasteiger partial charge in [-0.15, -0.1) is 0 Å². The van der Waals surface area contributed by atoms with Gasteiger partial charge < -0.3 is 10.1 Å². The third kappa shape index (κ3) is 4.11. The Labute approximate surface area is 176 Å². The molecule has 1 aromatic rings. The Kier molecular flexibility index (Phi) is 6.58. The van der Waals surface area contributed by atoms with Crippen LogP contribution in [0.5, 0.6) is 0 Å². The van der Waals surface area contributed by atoms with Crippen molar-refractivity contribution < 1.29 is 23.9 Å². The average molecular weight is 418 g/mol. The van der Waals surface area contributed by atoms with Gasteiger partial charge in [-0.25, -0.2) is 9.48 Å². The molecule has 2 aliphatic rings. The number of aromatic nitrogens is 2. The molecule has 3 amide bonds. The summed E-state index contributed by atoms with van der Waals surface area (Å²) in [5.41, 5.74) is 0. The summed E-state index contributed by atoms with van der Waals surface area (Å²) in [5.74, 6) is -2.03. The number of likely N-dealkylation sites (tertiary alicyclic amines) is 1. The number of imide groups is 1. The topological polar surface area (TPSA) is 111 Å². The minimum Gasteiger partial charge on any atom is -0.451 e. The molecule has 1 saturated heterocycles. The van der Waals surface area contributed by atoms with Gasteiger partial charge >= 0.3 is 5.97 Å². The van der Waals surface area contributed by atoms with Crippen LogP contribution in [0.15, 0.2) is 12.3 Å². The molecule has 1 aromatic heterocycles. The van der Waals surface area contributed by atoms with Crippen molar-refractivity contribution in [3.63, 3.8) is 0 Å². The Hall–Kier alpha value is -2.71. The van der Waals surface area contributed by atoms with Crippen LogP contribution in [-0.4, -0.2) is 50.5 Å². The normalized spacial score (nSPS) is 24.2. The Morgan fingerprint density at radius 3 is 2.33 bits per heavy atom. The number of hydrogen-bond acceptors (Lipinski definition) is 6. The fourth-order valence-electron chi connectivity index (χ4n) is 4.17. The molecule has 1 aliphatic carbocycles. The zero-order valence-corrected chi connectivity index (χ0v) is 18.0. The van der Waals surface area contributed by atoms with Gasteiger partial charge in [-0.2, -0.15) is 5.10 Å². The monoisotopic (exact) mass is 418 g/mol. The van der Waals surface area contributed by atoms with E-state index in [1.54, 1.807) is 16.9 Å². The number of hydrogen-bond donors (Lipinski definition) is 1. The molecule has 0 unspecified atom stereocenters. The number of esters is 1. The SMILES string of the molecule is CC[C@H](C)n1nccc1NC(=O)[C@H](C)OC(=O)[C@H](C)N1C(=O)[C@H]2CCCC[C@@H]2C1=O. The first kappa shape index (κ1) is 22.0. The zero-order chi connectivity index (χ0) is 22.0. The quantitative estimate of drug-likeness (QED) is 0.537. The van der Waals surface area contributed by atoms with Crippen molar-refractivity contribution in [1.82, 2.24) is 14.7 Å². The number of rotatable bonds is 7. The lowest BCUT2D eigenvalue weighted by molar-refractivity contribution is -0.163. The van der Waals surface area contributed by atoms with E-state index in [4.69, 9.17) is 4.74 Å². The molecular weight excluding hydrogens is 388 g/mol. The molecule has 1 saturated carbocycles. The second kappa shape index (κ2) is 8.97. The van der Waals surface area contributed by atoms with E-state index in [1.807, 2.05) is 13.8 Å². The van der Waals surface area contributed by atoms with Gasteiger partial charge in [0.25, 0.3) is 5.91 Å². The van der Waals surface area contributed by atoms with Crippen LogP contribution in [-0.2, 0) is 23.9 Å². The molecule has 0 spiro atoms. The van der Waals surface area contributed by atoms with E-state index in [9.17, 15) is 19.2 Å². The molecule has 3 rings (SSSR count). The number of carbonyl (C=O) groups excluding carboxylic acids is 4. The summed E-state index contributed by atoms with van der Waals surface area (Å²) < 4.78 is 6.98. The van der Waals surface area contributed by atoms with Crippen molar-refractivity contribution in [2.75, 3.05) is 5.32 Å². The first-order valence-corrected chi connectivity index (χ1v) is 10.7. The van der Waals surface area contributed by atoms with E-state index in [0.29, 0.717) is 18.7 Å². The maximum absolute atomic E-state index is 12.7. The van der Waals surface area contributed by atoms with Crippen molar-refractivity contribution >= 4 is 29.5 Å². The number of nitrogens with zero attached hydrogens (tertiary/aromatic N) is 3. The van der Waals surface area contributed by atoms with Gasteiger partial charge in [0.1, 0.15) is 11.9 Å². The van der Waals surface area contributed by atoms with Crippen molar-refractivity contribution in [3.8, 4) is 0 Å². The highest BCUT2D eigenvalue weighted by molar-refractivity contribution is 6.08. The Balaban J connectivity index is 1.61. The van der Waals surface area contributed by atoms with Crippen LogP contribution < -0.4 is 5.32 Å². The summed E-state index contributed by atoms with van der Waals surface area (Å²) in [7, 11) is 0. The molecule has 5 atom stereocenters. The second-order valence-corrected chi connectivity index (χ2v) is 8.21. The Morgan fingerprint density at radius 2 is 1.77 bits per heavy atom. The van der Waals surface area contributed by atoms with Crippen LogP contribution in [0, 0.1) is 11.8 Å². The first-order valence-electron chi connectivity index (χ1n) is 10.7. The summed E-state index contributed by atoms with van der Waals surface area (Å²) in [5, 5.41) is 6.92. The predicted octanol–water partition coefficient (Wildman–Crippen LogP) is 2.29. The molecule has 164 valence electrons. The lowest BCUT2D eigenvalue weighted by atomic mass is 9.81. The predicted molar refractivity (Wildman–Crippen MR) is 108 cm³/mol. The van der Waals surface area contributed by atoms with Crippen LogP contribution in [0.4, 0.5) is 5.82 Å². The Morgan fingerprint density at radius 1 is 1.17 bits per heavy atom. The third-order valence-electron chi connectivity index (χ3n) is 6.20. The van der Waals surface area contributed by atoms with Crippen LogP contribution in [0.1, 0.15) is 65.8 Å². The van der Waals surface area contributed by atoms with Gasteiger partial charge in [0, 0.05) is 6.07 Å². The van der Waals surface area contributed by atoms with E-state index < -0.39 is 24.0 Å². The smallest absolute Gasteiger partial charge is 0.329 e. The number of carbonyl (C=O) groups is 4. The molecule has 0 bridgehead atoms. The van der Waals surface area contributed by atoms with Gasteiger partial charge in [0.2, 0.25) is 11.8 Å². The standard InChI is InChI=1S/C21H30N4O5/c1-5-12(2)25-17(10-11-22-25)23-18(26)14(4)30-21(29)13(3)24-19(27)15-8-6-7-9-16(15)20(24)28/h10-16H,5-9H2,1-4H3,(H,23,26)/t12-,13-,14-,15-,16-/m0/s1. The van der Waals surface area contributed by atoms with Crippen molar-refractivity contribution in [1.29, 1.82) is 0 Å². The maximum Gasteiger partial charge on any atom is 0.329 e. The molecule has 2 fully saturated rings. The summed E-state index contributed by atoms with van der Waals surface area (Å²) in [6.45, 7) is 6.92. The fourth-order valence-corrected chi connectivity index (χ4v) is 4.17. The van der Waals surface area contributed by atoms with Crippen LogP contribution >= 0.6 is 0 Å². The lowest BCUT2D eigenvalue weighted by Gasteiger charge is -2.23. The minimum absolute atomic E-state index is 0.101. The van der Waals surface area contributed by atoms with Gasteiger partial charge in [0.05, 0.1) is 24.1 Å². The van der Waals surface area contributed by atoms with Crippen LogP contribution in [0.25, 0.3) is 0 Å². The lowest BCUT2D eigenvalue weighted by Crippen LogP contribution is -2.46. The van der Waals surface area contributed by atoms with Gasteiger partial charge in [-0.3, -0.25) is 19.3 Å². The molecule has 0 radical (unpaired) electrons. The highest BCUT2D eigenvalue weighted by Crippen LogP contribution is 2.39. The number of anilines is 1. The number of fused-ring (bicyclic) bond motifs is 1. The highest BCUT2D eigenvalue weighted by atomic mass is 16.5. The van der Waals surface area contributed by atoms with Crippen LogP contribution in [0.3, 0.4) is 0 Å². The highest BCUT2D eigenvalue weighted by Gasteiger charge is 2.51. The summed E-state index contributed by atoms with van der Waals surface area (Å²) in [4.78, 5) is 51.5. The molecule has 0 aromatic carbocycles. The third-order valence-corrected chi connectivity index (χ3v) is 6.20. The summed E-state index contributed by atoms with van der Waals surface area (Å²) in [6.07, 6.45) is 4.52. The van der Waals surface area contributed by atoms with E-state index in [2.05, 4.69) is 10.4 Å². The molecule has 2 heterocycles. The van der Waals surface area contributed by atoms with Gasteiger partial charge in [-0.05, 0) is 40.0 Å². The van der Waals surface area contributed by atoms with Gasteiger partial charge in [0.15, 0.2) is 6.10 Å². The van der Waals surface area contributed by atoms with Gasteiger partial charge in [-0.1, -0.05) is 19.8 Å². The number of nitrogens with one attached hydrogen (secondary N) is 1. The largest absolute Gasteiger partial charge is 0.451 e. The van der Waals surface area contributed by atoms with Crippen LogP contribution in [0.2, 0.25) is 0 Å². The fraction of sp³-hybridized carbons (Fsp3) is 0.667. The molecular formula is C21H30N4O5. The number of amides is 3. The zero-order valence-electron chi connectivity index (χ0n) is 18.0. The molecule has 9 heteroatoms. The molecule has 1 aliphatic heterocycles. The number of ether oxygens (including phenoxy) is 1. The Bertz CT molecular complexity index is 811. The van der Waals surface area contributed by atoms with E-state index in [-0.39, 0.29) is 29.7 Å². The van der Waals surface area contributed by atoms with Crippen molar-refractivity contribution in [3.05, 3.63) is 12.3 Å². The average Bonchev–Trinajstić information content (AvgIpc) is 3.29. The molecule has 30 heavy (non-hydrogen) atoms. The second-order valence-electron chi connectivity index (χ2n) is 8.21. The van der Waals surface area contributed by atoms with E-state index in [1.165, 1.54) is 13.8 Å². The first-order chi connectivity index (χ1) is 14.3. The summed E-state index contributed by atoms with van der Waals surface area (Å²) in [6, 6.07) is 0.713. The molecule has 1 N–H and O–H groups in total. The summed E-state index contributed by atoms with van der Waals surface area (Å²) >= 11 is 0.